The molecule has 2 aliphatic rings. The molecule has 0 aromatic rings. The molecule has 2 heterocycles. The van der Waals surface area contributed by atoms with Gasteiger partial charge in [0.1, 0.15) is 0 Å². The number of hydrogen-bond acceptors (Lipinski definition) is 3. The van der Waals surface area contributed by atoms with E-state index in [0.717, 1.165) is 12.1 Å². The van der Waals surface area contributed by atoms with E-state index in [1.165, 1.54) is 45.4 Å². The van der Waals surface area contributed by atoms with Crippen LogP contribution in [0.4, 0.5) is 0 Å². The van der Waals surface area contributed by atoms with Crippen molar-refractivity contribution in [1.82, 2.24) is 15.1 Å². The lowest BCUT2D eigenvalue weighted by Crippen LogP contribution is -2.44. The lowest BCUT2D eigenvalue weighted by atomic mass is 10.1. The predicted molar refractivity (Wildman–Crippen MR) is 59.6 cm³/mol. The Morgan fingerprint density at radius 1 is 1.29 bits per heavy atom. The Bertz CT molecular complexity index is 183. The molecular formula is C11H23N3. The second kappa shape index (κ2) is 4.60. The van der Waals surface area contributed by atoms with E-state index in [-0.39, 0.29) is 0 Å². The zero-order valence-corrected chi connectivity index (χ0v) is 9.50. The largest absolute Gasteiger partial charge is 0.318 e. The molecule has 2 saturated heterocycles. The summed E-state index contributed by atoms with van der Waals surface area (Å²) in [7, 11) is 4.31. The van der Waals surface area contributed by atoms with Crippen molar-refractivity contribution >= 4 is 0 Å². The number of likely N-dealkylation sites (tertiary alicyclic amines) is 2. The highest BCUT2D eigenvalue weighted by Gasteiger charge is 2.33. The summed E-state index contributed by atoms with van der Waals surface area (Å²) in [6, 6.07) is 1.64. The van der Waals surface area contributed by atoms with Gasteiger partial charge in [0.2, 0.25) is 0 Å². The molecule has 0 aromatic heterocycles. The molecule has 1 N–H and O–H groups in total. The summed E-state index contributed by atoms with van der Waals surface area (Å²) in [6.45, 7) is 5.05. The molecule has 2 fully saturated rings. The van der Waals surface area contributed by atoms with E-state index >= 15 is 0 Å². The zero-order chi connectivity index (χ0) is 9.97. The van der Waals surface area contributed by atoms with Gasteiger partial charge >= 0.3 is 0 Å². The molecule has 0 amide bonds. The monoisotopic (exact) mass is 197 g/mol. The van der Waals surface area contributed by atoms with Gasteiger partial charge in [-0.25, -0.2) is 0 Å². The van der Waals surface area contributed by atoms with Crippen LogP contribution in [-0.4, -0.2) is 62.2 Å². The highest BCUT2D eigenvalue weighted by molar-refractivity contribution is 4.90. The van der Waals surface area contributed by atoms with E-state index in [1.807, 2.05) is 0 Å². The molecule has 0 bridgehead atoms. The summed E-state index contributed by atoms with van der Waals surface area (Å²) in [6.07, 6.45) is 4.16. The lowest BCUT2D eigenvalue weighted by molar-refractivity contribution is 0.180. The summed E-state index contributed by atoms with van der Waals surface area (Å²) in [5, 5.41) is 3.32. The lowest BCUT2D eigenvalue weighted by Gasteiger charge is -2.30. The minimum Gasteiger partial charge on any atom is -0.318 e. The van der Waals surface area contributed by atoms with Crippen molar-refractivity contribution < 1.29 is 0 Å². The minimum absolute atomic E-state index is 0.802. The second-order valence-corrected chi connectivity index (χ2v) is 4.80. The number of nitrogens with zero attached hydrogens (tertiary/aromatic N) is 2. The van der Waals surface area contributed by atoms with Gasteiger partial charge in [0.15, 0.2) is 0 Å². The summed E-state index contributed by atoms with van der Waals surface area (Å²) in [5.41, 5.74) is 0. The normalized spacial score (nSPS) is 35.6. The van der Waals surface area contributed by atoms with E-state index in [1.54, 1.807) is 0 Å². The van der Waals surface area contributed by atoms with E-state index in [2.05, 4.69) is 29.2 Å². The van der Waals surface area contributed by atoms with Crippen LogP contribution in [0.1, 0.15) is 19.3 Å². The number of nitrogens with one attached hydrogen (secondary N) is 1. The Kier molecular flexibility index (Phi) is 3.42. The van der Waals surface area contributed by atoms with E-state index in [0.29, 0.717) is 0 Å². The Labute approximate surface area is 87.4 Å². The molecule has 3 heteroatoms. The molecule has 82 valence electrons. The fourth-order valence-corrected chi connectivity index (χ4v) is 2.98. The maximum absolute atomic E-state index is 3.32. The van der Waals surface area contributed by atoms with Crippen molar-refractivity contribution in [1.29, 1.82) is 0 Å². The van der Waals surface area contributed by atoms with Crippen LogP contribution < -0.4 is 5.32 Å². The Morgan fingerprint density at radius 3 is 2.79 bits per heavy atom. The molecule has 14 heavy (non-hydrogen) atoms. The average Bonchev–Trinajstić information content (AvgIpc) is 2.74. The first-order valence-corrected chi connectivity index (χ1v) is 5.90. The van der Waals surface area contributed by atoms with Crippen molar-refractivity contribution in [2.45, 2.75) is 31.3 Å². The average molecular weight is 197 g/mol. The molecule has 0 radical (unpaired) electrons. The maximum Gasteiger partial charge on any atom is 0.0238 e. The van der Waals surface area contributed by atoms with Crippen LogP contribution in [-0.2, 0) is 0 Å². The van der Waals surface area contributed by atoms with E-state index in [4.69, 9.17) is 0 Å². The zero-order valence-electron chi connectivity index (χ0n) is 9.50. The van der Waals surface area contributed by atoms with Crippen LogP contribution in [0.2, 0.25) is 0 Å². The molecule has 0 spiro atoms. The van der Waals surface area contributed by atoms with Gasteiger partial charge in [-0.1, -0.05) is 0 Å². The smallest absolute Gasteiger partial charge is 0.0238 e. The highest BCUT2D eigenvalue weighted by atomic mass is 15.3. The molecule has 0 saturated carbocycles. The molecule has 2 atom stereocenters. The van der Waals surface area contributed by atoms with Gasteiger partial charge < -0.3 is 10.2 Å². The standard InChI is InChI=1S/C11H23N3/c1-12-8-10-4-3-6-14(10)11-5-7-13(2)9-11/h10-12H,3-9H2,1-2H3. The van der Waals surface area contributed by atoms with Crippen LogP contribution >= 0.6 is 0 Å². The van der Waals surface area contributed by atoms with Gasteiger partial charge in [-0.2, -0.15) is 0 Å². The molecular weight excluding hydrogens is 174 g/mol. The van der Waals surface area contributed by atoms with Crippen molar-refractivity contribution in [2.75, 3.05) is 40.3 Å². The van der Waals surface area contributed by atoms with Crippen molar-refractivity contribution in [3.05, 3.63) is 0 Å². The third-order valence-corrected chi connectivity index (χ3v) is 3.70. The maximum atomic E-state index is 3.32. The molecule has 2 unspecified atom stereocenters. The quantitative estimate of drug-likeness (QED) is 0.705. The summed E-state index contributed by atoms with van der Waals surface area (Å²) in [4.78, 5) is 5.19. The van der Waals surface area contributed by atoms with Crippen LogP contribution in [0.3, 0.4) is 0 Å². The predicted octanol–water partition coefficient (Wildman–Crippen LogP) is 0.374. The molecule has 0 aliphatic carbocycles. The summed E-state index contributed by atoms with van der Waals surface area (Å²) < 4.78 is 0. The first kappa shape index (κ1) is 10.4. The van der Waals surface area contributed by atoms with Crippen molar-refractivity contribution in [2.24, 2.45) is 0 Å². The third kappa shape index (κ3) is 2.10. The molecule has 2 rings (SSSR count). The SMILES string of the molecule is CNCC1CCCN1C1CCN(C)C1. The van der Waals surface area contributed by atoms with Crippen LogP contribution in [0, 0.1) is 0 Å². The summed E-state index contributed by atoms with van der Waals surface area (Å²) >= 11 is 0. The molecule has 2 aliphatic heterocycles. The Balaban J connectivity index is 1.89. The van der Waals surface area contributed by atoms with Gasteiger partial charge in [0, 0.05) is 25.2 Å². The molecule has 0 aromatic carbocycles. The van der Waals surface area contributed by atoms with Crippen LogP contribution in [0.15, 0.2) is 0 Å². The number of likely N-dealkylation sites (N-methyl/N-ethyl adjacent to an activating group) is 2. The summed E-state index contributed by atoms with van der Waals surface area (Å²) in [5.74, 6) is 0. The van der Waals surface area contributed by atoms with E-state index in [9.17, 15) is 0 Å². The minimum atomic E-state index is 0.802. The fraction of sp³-hybridized carbons (Fsp3) is 1.00. The Morgan fingerprint density at radius 2 is 2.14 bits per heavy atom. The topological polar surface area (TPSA) is 18.5 Å². The second-order valence-electron chi connectivity index (χ2n) is 4.80. The van der Waals surface area contributed by atoms with Gasteiger partial charge in [0.05, 0.1) is 0 Å². The number of rotatable bonds is 3. The number of hydrogen-bond donors (Lipinski definition) is 1. The van der Waals surface area contributed by atoms with Gasteiger partial charge in [-0.3, -0.25) is 4.90 Å². The van der Waals surface area contributed by atoms with Crippen LogP contribution in [0.5, 0.6) is 0 Å². The van der Waals surface area contributed by atoms with Crippen LogP contribution in [0.25, 0.3) is 0 Å². The third-order valence-electron chi connectivity index (χ3n) is 3.70. The van der Waals surface area contributed by atoms with Gasteiger partial charge in [0.25, 0.3) is 0 Å². The van der Waals surface area contributed by atoms with Crippen molar-refractivity contribution in [3.63, 3.8) is 0 Å². The highest BCUT2D eigenvalue weighted by Crippen LogP contribution is 2.24. The molecule has 3 nitrogen and oxygen atoms in total. The fourth-order valence-electron chi connectivity index (χ4n) is 2.98. The van der Waals surface area contributed by atoms with Gasteiger partial charge in [-0.05, 0) is 46.4 Å². The van der Waals surface area contributed by atoms with Crippen molar-refractivity contribution in [3.8, 4) is 0 Å². The first-order chi connectivity index (χ1) is 6.81. The first-order valence-electron chi connectivity index (χ1n) is 5.90. The Hall–Kier alpha value is -0.120. The van der Waals surface area contributed by atoms with E-state index < -0.39 is 0 Å². The van der Waals surface area contributed by atoms with Gasteiger partial charge in [-0.15, -0.1) is 0 Å².